The van der Waals surface area contributed by atoms with Crippen molar-refractivity contribution in [3.8, 4) is 0 Å². The zero-order valence-electron chi connectivity index (χ0n) is 7.27. The van der Waals surface area contributed by atoms with Gasteiger partial charge in [-0.1, -0.05) is 6.92 Å². The molecule has 0 bridgehead atoms. The lowest BCUT2D eigenvalue weighted by molar-refractivity contribution is 0.226. The number of nitrogens with zero attached hydrogens (tertiary/aromatic N) is 1. The first kappa shape index (κ1) is 9.47. The quantitative estimate of drug-likeness (QED) is 0.548. The van der Waals surface area contributed by atoms with Crippen molar-refractivity contribution in [2.75, 3.05) is 6.54 Å². The van der Waals surface area contributed by atoms with Crippen LogP contribution in [0.25, 0.3) is 0 Å². The van der Waals surface area contributed by atoms with Gasteiger partial charge in [0, 0.05) is 12.1 Å². The fourth-order valence-electron chi connectivity index (χ4n) is 0.742. The van der Waals surface area contributed by atoms with Crippen molar-refractivity contribution in [3.63, 3.8) is 0 Å². The van der Waals surface area contributed by atoms with Crippen molar-refractivity contribution < 1.29 is 4.79 Å². The van der Waals surface area contributed by atoms with Gasteiger partial charge in [-0.25, -0.2) is 0 Å². The van der Waals surface area contributed by atoms with Crippen LogP contribution in [0.3, 0.4) is 0 Å². The van der Waals surface area contributed by atoms with Gasteiger partial charge in [0.1, 0.15) is 0 Å². The van der Waals surface area contributed by atoms with Gasteiger partial charge in [-0.05, 0) is 27.2 Å². The van der Waals surface area contributed by atoms with Crippen LogP contribution in [0.5, 0.6) is 0 Å². The van der Waals surface area contributed by atoms with E-state index in [0.717, 1.165) is 13.0 Å². The first-order valence-corrected chi connectivity index (χ1v) is 3.67. The summed E-state index contributed by atoms with van der Waals surface area (Å²) in [6.07, 6.45) is 2.92. The molecule has 10 heavy (non-hydrogen) atoms. The van der Waals surface area contributed by atoms with Crippen molar-refractivity contribution in [2.24, 2.45) is 0 Å². The topological polar surface area (TPSA) is 20.3 Å². The normalized spacial score (nSPS) is 11.2. The van der Waals surface area contributed by atoms with Crippen molar-refractivity contribution in [3.05, 3.63) is 0 Å². The smallest absolute Gasteiger partial charge is 0.312 e. The Hall–Kier alpha value is -0.530. The van der Waals surface area contributed by atoms with E-state index in [1.165, 1.54) is 0 Å². The van der Waals surface area contributed by atoms with Crippen LogP contribution in [0, 0.1) is 0 Å². The highest BCUT2D eigenvalue weighted by molar-refractivity contribution is 5.49. The second kappa shape index (κ2) is 3.59. The second-order valence-electron chi connectivity index (χ2n) is 3.41. The predicted molar refractivity (Wildman–Crippen MR) is 42.4 cm³/mol. The van der Waals surface area contributed by atoms with Crippen molar-refractivity contribution in [2.45, 2.75) is 39.7 Å². The molecule has 1 amide bonds. The Balaban J connectivity index is 3.93. The number of amides is 1. The summed E-state index contributed by atoms with van der Waals surface area (Å²) in [5.74, 6) is 0. The SMILES string of the molecule is CCCN([C]=O)C(C)(C)C. The summed E-state index contributed by atoms with van der Waals surface area (Å²) in [6.45, 7) is 8.87. The molecule has 0 aliphatic rings. The lowest BCUT2D eigenvalue weighted by atomic mass is 10.1. The maximum absolute atomic E-state index is 10.3. The molecule has 0 spiro atoms. The van der Waals surface area contributed by atoms with E-state index in [-0.39, 0.29) is 5.54 Å². The lowest BCUT2D eigenvalue weighted by Gasteiger charge is -2.30. The Kier molecular flexibility index (Phi) is 3.40. The average molecular weight is 142 g/mol. The molecule has 0 aliphatic carbocycles. The average Bonchev–Trinajstić information content (AvgIpc) is 1.80. The molecule has 1 radical (unpaired) electrons. The van der Waals surface area contributed by atoms with Gasteiger partial charge in [0.2, 0.25) is 0 Å². The van der Waals surface area contributed by atoms with Crippen LogP contribution in [-0.4, -0.2) is 23.4 Å². The minimum Gasteiger partial charge on any atom is -0.330 e. The van der Waals surface area contributed by atoms with E-state index in [2.05, 4.69) is 6.92 Å². The Morgan fingerprint density at radius 2 is 1.90 bits per heavy atom. The number of carbonyl (C=O) groups excluding carboxylic acids is 1. The van der Waals surface area contributed by atoms with Crippen LogP contribution in [0.4, 0.5) is 0 Å². The molecule has 2 nitrogen and oxygen atoms in total. The Labute approximate surface area is 63.2 Å². The molecule has 0 atom stereocenters. The van der Waals surface area contributed by atoms with Crippen LogP contribution in [-0.2, 0) is 4.79 Å². The summed E-state index contributed by atoms with van der Waals surface area (Å²) in [5, 5.41) is 0. The Morgan fingerprint density at radius 3 is 2.00 bits per heavy atom. The third-order valence-electron chi connectivity index (χ3n) is 1.37. The van der Waals surface area contributed by atoms with E-state index in [1.807, 2.05) is 27.2 Å². The molecular weight excluding hydrogens is 126 g/mol. The molecule has 0 aromatic rings. The molecule has 0 aromatic carbocycles. The fraction of sp³-hybridized carbons (Fsp3) is 0.875. The second-order valence-corrected chi connectivity index (χ2v) is 3.41. The first-order valence-electron chi connectivity index (χ1n) is 3.67. The van der Waals surface area contributed by atoms with Crippen molar-refractivity contribution in [1.82, 2.24) is 4.90 Å². The third kappa shape index (κ3) is 2.85. The third-order valence-corrected chi connectivity index (χ3v) is 1.37. The summed E-state index contributed by atoms with van der Waals surface area (Å²) >= 11 is 0. The minimum atomic E-state index is -0.0717. The van der Waals surface area contributed by atoms with Crippen molar-refractivity contribution in [1.29, 1.82) is 0 Å². The van der Waals surface area contributed by atoms with Gasteiger partial charge < -0.3 is 4.90 Å². The highest BCUT2D eigenvalue weighted by Gasteiger charge is 2.18. The zero-order valence-corrected chi connectivity index (χ0v) is 7.27. The molecule has 0 fully saturated rings. The van der Waals surface area contributed by atoms with Crippen LogP contribution < -0.4 is 0 Å². The molecule has 0 unspecified atom stereocenters. The largest absolute Gasteiger partial charge is 0.330 e. The van der Waals surface area contributed by atoms with Gasteiger partial charge in [0.25, 0.3) is 0 Å². The number of hydrogen-bond acceptors (Lipinski definition) is 1. The van der Waals surface area contributed by atoms with Crippen LogP contribution in [0.1, 0.15) is 34.1 Å². The van der Waals surface area contributed by atoms with E-state index in [4.69, 9.17) is 0 Å². The van der Waals surface area contributed by atoms with E-state index in [9.17, 15) is 4.79 Å². The summed E-state index contributed by atoms with van der Waals surface area (Å²) in [7, 11) is 0. The standard InChI is InChI=1S/C8H16NO/c1-5-6-9(7-10)8(2,3)4/h5-6H2,1-4H3. The van der Waals surface area contributed by atoms with Gasteiger partial charge in [-0.3, -0.25) is 4.79 Å². The maximum atomic E-state index is 10.3. The molecule has 0 rings (SSSR count). The van der Waals surface area contributed by atoms with Gasteiger partial charge in [-0.15, -0.1) is 0 Å². The van der Waals surface area contributed by atoms with E-state index in [0.29, 0.717) is 0 Å². The van der Waals surface area contributed by atoms with E-state index in [1.54, 1.807) is 4.90 Å². The Morgan fingerprint density at radius 1 is 1.40 bits per heavy atom. The summed E-state index contributed by atoms with van der Waals surface area (Å²) < 4.78 is 0. The molecule has 0 saturated heterocycles. The number of hydrogen-bond donors (Lipinski definition) is 0. The van der Waals surface area contributed by atoms with Crippen LogP contribution >= 0.6 is 0 Å². The molecule has 0 saturated carbocycles. The van der Waals surface area contributed by atoms with Crippen molar-refractivity contribution >= 4 is 6.41 Å². The van der Waals surface area contributed by atoms with E-state index < -0.39 is 0 Å². The van der Waals surface area contributed by atoms with Gasteiger partial charge in [0.05, 0.1) is 0 Å². The van der Waals surface area contributed by atoms with Crippen LogP contribution in [0.15, 0.2) is 0 Å². The predicted octanol–water partition coefficient (Wildman–Crippen LogP) is 1.56. The first-order chi connectivity index (χ1) is 4.52. The highest BCUT2D eigenvalue weighted by atomic mass is 16.1. The van der Waals surface area contributed by atoms with Gasteiger partial charge in [-0.2, -0.15) is 0 Å². The highest BCUT2D eigenvalue weighted by Crippen LogP contribution is 2.10. The molecular formula is C8H16NO. The molecule has 59 valence electrons. The van der Waals surface area contributed by atoms with Crippen LogP contribution in [0.2, 0.25) is 0 Å². The molecule has 0 heterocycles. The maximum Gasteiger partial charge on any atom is 0.312 e. The monoisotopic (exact) mass is 142 g/mol. The minimum absolute atomic E-state index is 0.0717. The lowest BCUT2D eigenvalue weighted by Crippen LogP contribution is -2.40. The molecule has 0 aromatic heterocycles. The van der Waals surface area contributed by atoms with Gasteiger partial charge in [0.15, 0.2) is 0 Å². The van der Waals surface area contributed by atoms with Gasteiger partial charge >= 0.3 is 6.41 Å². The summed E-state index contributed by atoms with van der Waals surface area (Å²) in [5.41, 5.74) is -0.0717. The van der Waals surface area contributed by atoms with E-state index >= 15 is 0 Å². The molecule has 0 aliphatic heterocycles. The zero-order chi connectivity index (χ0) is 8.20. The summed E-state index contributed by atoms with van der Waals surface area (Å²) in [4.78, 5) is 12.0. The Bertz CT molecular complexity index is 104. The fourth-order valence-corrected chi connectivity index (χ4v) is 0.742. The summed E-state index contributed by atoms with van der Waals surface area (Å²) in [6, 6.07) is 0. The number of rotatable bonds is 3. The molecule has 2 heteroatoms. The molecule has 0 N–H and O–H groups in total.